The minimum atomic E-state index is 0.781. The van der Waals surface area contributed by atoms with Gasteiger partial charge in [-0.25, -0.2) is 0 Å². The molecule has 0 atom stereocenters. The van der Waals surface area contributed by atoms with E-state index in [2.05, 4.69) is 71.8 Å². The average Bonchev–Trinajstić information content (AvgIpc) is 2.72. The summed E-state index contributed by atoms with van der Waals surface area (Å²) >= 11 is 0. The molecular formula is C24H22N2O. The molecule has 0 aliphatic heterocycles. The number of pyridine rings is 1. The van der Waals surface area contributed by atoms with E-state index in [0.717, 1.165) is 28.9 Å². The molecule has 3 aromatic carbocycles. The fourth-order valence-electron chi connectivity index (χ4n) is 3.35. The summed E-state index contributed by atoms with van der Waals surface area (Å²) in [5.41, 5.74) is 5.93. The Labute approximate surface area is 159 Å². The summed E-state index contributed by atoms with van der Waals surface area (Å²) in [6, 6.07) is 23.3. The Bertz CT molecular complexity index is 1070. The van der Waals surface area contributed by atoms with Crippen molar-refractivity contribution in [1.82, 2.24) is 4.98 Å². The van der Waals surface area contributed by atoms with Crippen LogP contribution in [0.1, 0.15) is 11.1 Å². The van der Waals surface area contributed by atoms with Crippen LogP contribution in [0.2, 0.25) is 0 Å². The van der Waals surface area contributed by atoms with E-state index in [0.29, 0.717) is 0 Å². The van der Waals surface area contributed by atoms with Crippen LogP contribution in [0, 0.1) is 6.92 Å². The maximum Gasteiger partial charge on any atom is 0.121 e. The van der Waals surface area contributed by atoms with E-state index in [1.807, 2.05) is 24.5 Å². The van der Waals surface area contributed by atoms with Crippen molar-refractivity contribution in [3.05, 3.63) is 90.3 Å². The second kappa shape index (κ2) is 7.50. The molecule has 1 N–H and O–H groups in total. The van der Waals surface area contributed by atoms with Crippen molar-refractivity contribution >= 4 is 16.5 Å². The molecule has 0 amide bonds. The number of nitrogens with one attached hydrogen (secondary N) is 1. The van der Waals surface area contributed by atoms with Gasteiger partial charge in [0.05, 0.1) is 7.11 Å². The number of rotatable bonds is 5. The molecule has 0 fully saturated rings. The van der Waals surface area contributed by atoms with E-state index < -0.39 is 0 Å². The van der Waals surface area contributed by atoms with Gasteiger partial charge in [-0.1, -0.05) is 42.5 Å². The van der Waals surface area contributed by atoms with Crippen molar-refractivity contribution in [2.75, 3.05) is 12.4 Å². The maximum atomic E-state index is 5.35. The van der Waals surface area contributed by atoms with Gasteiger partial charge in [0.1, 0.15) is 5.75 Å². The third-order valence-corrected chi connectivity index (χ3v) is 4.85. The molecule has 0 aliphatic carbocycles. The predicted molar refractivity (Wildman–Crippen MR) is 112 cm³/mol. The molecule has 1 heterocycles. The fraction of sp³-hybridized carbons (Fsp3) is 0.125. The zero-order valence-corrected chi connectivity index (χ0v) is 15.6. The van der Waals surface area contributed by atoms with Crippen molar-refractivity contribution < 1.29 is 4.74 Å². The number of ether oxygens (including phenoxy) is 1. The first-order chi connectivity index (χ1) is 13.2. The quantitative estimate of drug-likeness (QED) is 0.489. The number of benzene rings is 3. The molecule has 0 bridgehead atoms. The van der Waals surface area contributed by atoms with Crippen LogP contribution in [0.4, 0.5) is 5.69 Å². The van der Waals surface area contributed by atoms with Crippen LogP contribution in [0.25, 0.3) is 21.9 Å². The minimum absolute atomic E-state index is 0.781. The van der Waals surface area contributed by atoms with Crippen molar-refractivity contribution in [3.8, 4) is 16.9 Å². The highest BCUT2D eigenvalue weighted by Gasteiger charge is 2.04. The summed E-state index contributed by atoms with van der Waals surface area (Å²) in [7, 11) is 1.70. The van der Waals surface area contributed by atoms with E-state index in [1.54, 1.807) is 7.11 Å². The Kier molecular flexibility index (Phi) is 4.75. The van der Waals surface area contributed by atoms with Crippen LogP contribution in [0.5, 0.6) is 5.75 Å². The lowest BCUT2D eigenvalue weighted by Crippen LogP contribution is -2.00. The monoisotopic (exact) mass is 354 g/mol. The van der Waals surface area contributed by atoms with E-state index in [-0.39, 0.29) is 0 Å². The van der Waals surface area contributed by atoms with Gasteiger partial charge < -0.3 is 10.1 Å². The summed E-state index contributed by atoms with van der Waals surface area (Å²) in [4.78, 5) is 4.19. The summed E-state index contributed by atoms with van der Waals surface area (Å²) < 4.78 is 5.35. The minimum Gasteiger partial charge on any atom is -0.496 e. The first-order valence-electron chi connectivity index (χ1n) is 9.05. The second-order valence-electron chi connectivity index (χ2n) is 6.64. The Morgan fingerprint density at radius 3 is 2.52 bits per heavy atom. The zero-order chi connectivity index (χ0) is 18.6. The van der Waals surface area contributed by atoms with Gasteiger partial charge in [-0.05, 0) is 53.4 Å². The number of hydrogen-bond acceptors (Lipinski definition) is 3. The summed E-state index contributed by atoms with van der Waals surface area (Å²) in [6.45, 7) is 2.85. The van der Waals surface area contributed by atoms with Crippen molar-refractivity contribution in [2.45, 2.75) is 13.5 Å². The first kappa shape index (κ1) is 17.1. The standard InChI is InChI=1S/C24H22N2O/c1-17-14-20(10-11-24(17)27-2)19-8-6-18(7-9-19)15-26-23-5-3-4-21-16-25-13-12-22(21)23/h3-14,16,26H,15H2,1-2H3. The predicted octanol–water partition coefficient (Wildman–Crippen LogP) is 5.83. The van der Waals surface area contributed by atoms with Gasteiger partial charge in [-0.2, -0.15) is 0 Å². The topological polar surface area (TPSA) is 34.1 Å². The Balaban J connectivity index is 1.50. The lowest BCUT2D eigenvalue weighted by Gasteiger charge is -2.11. The van der Waals surface area contributed by atoms with E-state index in [4.69, 9.17) is 4.74 Å². The van der Waals surface area contributed by atoms with Crippen LogP contribution in [0.15, 0.2) is 79.1 Å². The molecule has 0 saturated heterocycles. The molecule has 27 heavy (non-hydrogen) atoms. The van der Waals surface area contributed by atoms with E-state index >= 15 is 0 Å². The Morgan fingerprint density at radius 1 is 0.926 bits per heavy atom. The maximum absolute atomic E-state index is 5.35. The molecule has 0 aliphatic rings. The number of anilines is 1. The van der Waals surface area contributed by atoms with Gasteiger partial charge in [-0.3, -0.25) is 4.98 Å². The first-order valence-corrected chi connectivity index (χ1v) is 9.05. The third kappa shape index (κ3) is 3.63. The third-order valence-electron chi connectivity index (χ3n) is 4.85. The Morgan fingerprint density at radius 2 is 1.74 bits per heavy atom. The molecule has 134 valence electrons. The number of hydrogen-bond donors (Lipinski definition) is 1. The average molecular weight is 354 g/mol. The number of aryl methyl sites for hydroxylation is 1. The molecule has 4 aromatic rings. The molecular weight excluding hydrogens is 332 g/mol. The number of methoxy groups -OCH3 is 1. The normalized spacial score (nSPS) is 10.7. The van der Waals surface area contributed by atoms with Crippen LogP contribution in [-0.2, 0) is 6.54 Å². The summed E-state index contributed by atoms with van der Waals surface area (Å²) in [5.74, 6) is 0.921. The molecule has 0 unspecified atom stereocenters. The lowest BCUT2D eigenvalue weighted by atomic mass is 10.0. The van der Waals surface area contributed by atoms with Crippen LogP contribution in [-0.4, -0.2) is 12.1 Å². The molecule has 3 heteroatoms. The molecule has 0 spiro atoms. The van der Waals surface area contributed by atoms with E-state index in [1.165, 1.54) is 22.1 Å². The number of fused-ring (bicyclic) bond motifs is 1. The van der Waals surface area contributed by atoms with E-state index in [9.17, 15) is 0 Å². The molecule has 0 saturated carbocycles. The van der Waals surface area contributed by atoms with Gasteiger partial charge in [0, 0.05) is 35.4 Å². The Hall–Kier alpha value is -3.33. The highest BCUT2D eigenvalue weighted by Crippen LogP contribution is 2.27. The molecule has 3 nitrogen and oxygen atoms in total. The smallest absolute Gasteiger partial charge is 0.121 e. The highest BCUT2D eigenvalue weighted by atomic mass is 16.5. The van der Waals surface area contributed by atoms with Crippen LogP contribution >= 0.6 is 0 Å². The SMILES string of the molecule is COc1ccc(-c2ccc(CNc3cccc4cnccc34)cc2)cc1C. The summed E-state index contributed by atoms with van der Waals surface area (Å²) in [6.07, 6.45) is 3.73. The van der Waals surface area contributed by atoms with Gasteiger partial charge in [0.15, 0.2) is 0 Å². The van der Waals surface area contributed by atoms with Gasteiger partial charge >= 0.3 is 0 Å². The largest absolute Gasteiger partial charge is 0.496 e. The van der Waals surface area contributed by atoms with Gasteiger partial charge in [-0.15, -0.1) is 0 Å². The van der Waals surface area contributed by atoms with Crippen LogP contribution in [0.3, 0.4) is 0 Å². The molecule has 4 rings (SSSR count). The fourth-order valence-corrected chi connectivity index (χ4v) is 3.35. The van der Waals surface area contributed by atoms with Crippen LogP contribution < -0.4 is 10.1 Å². The lowest BCUT2D eigenvalue weighted by molar-refractivity contribution is 0.412. The summed E-state index contributed by atoms with van der Waals surface area (Å²) in [5, 5.41) is 5.88. The van der Waals surface area contributed by atoms with Crippen molar-refractivity contribution in [3.63, 3.8) is 0 Å². The van der Waals surface area contributed by atoms with Gasteiger partial charge in [0.25, 0.3) is 0 Å². The molecule has 1 aromatic heterocycles. The number of aromatic nitrogens is 1. The highest BCUT2D eigenvalue weighted by molar-refractivity contribution is 5.93. The van der Waals surface area contributed by atoms with Crippen molar-refractivity contribution in [2.24, 2.45) is 0 Å². The van der Waals surface area contributed by atoms with Gasteiger partial charge in [0.2, 0.25) is 0 Å². The zero-order valence-electron chi connectivity index (χ0n) is 15.6. The molecule has 0 radical (unpaired) electrons. The second-order valence-corrected chi connectivity index (χ2v) is 6.64. The number of nitrogens with zero attached hydrogens (tertiary/aromatic N) is 1. The van der Waals surface area contributed by atoms with Crippen molar-refractivity contribution in [1.29, 1.82) is 0 Å².